The molecule has 1 aliphatic heterocycles. The number of rotatable bonds is 7. The summed E-state index contributed by atoms with van der Waals surface area (Å²) >= 11 is 0. The molecule has 0 N–H and O–H groups in total. The van der Waals surface area contributed by atoms with E-state index in [1.807, 2.05) is 72.4 Å². The molecule has 160 valence electrons. The van der Waals surface area contributed by atoms with E-state index in [2.05, 4.69) is 6.92 Å². The number of ether oxygens (including phenoxy) is 1. The highest BCUT2D eigenvalue weighted by Crippen LogP contribution is 2.16. The fourth-order valence-corrected chi connectivity index (χ4v) is 3.52. The van der Waals surface area contributed by atoms with Gasteiger partial charge in [-0.25, -0.2) is 0 Å². The van der Waals surface area contributed by atoms with Crippen molar-refractivity contribution in [1.29, 1.82) is 0 Å². The maximum absolute atomic E-state index is 12.7. The molecule has 2 amide bonds. The summed E-state index contributed by atoms with van der Waals surface area (Å²) < 4.78 is 5.65. The molecule has 0 radical (unpaired) electrons. The second-order valence-electron chi connectivity index (χ2n) is 7.80. The molecule has 1 heterocycles. The lowest BCUT2D eigenvalue weighted by atomic mass is 10.1. The highest BCUT2D eigenvalue weighted by Gasteiger charge is 2.25. The number of carbonyl (C=O) groups is 2. The minimum absolute atomic E-state index is 0.0100. The summed E-state index contributed by atoms with van der Waals surface area (Å²) in [5.74, 6) is 0.670. The minimum Gasteiger partial charge on any atom is -0.484 e. The molecule has 3 rings (SSSR count). The summed E-state index contributed by atoms with van der Waals surface area (Å²) in [6, 6.07) is 15.5. The van der Waals surface area contributed by atoms with Crippen LogP contribution in [0.25, 0.3) is 0 Å². The SMILES string of the molecule is CCCc1ccc(OCC(=O)N2CCN(C(=O)c3ccc(N(C)C)cc3)CC2)cc1. The van der Waals surface area contributed by atoms with E-state index in [1.165, 1.54) is 5.56 Å². The van der Waals surface area contributed by atoms with E-state index < -0.39 is 0 Å². The second kappa shape index (κ2) is 10.1. The monoisotopic (exact) mass is 409 g/mol. The smallest absolute Gasteiger partial charge is 0.260 e. The molecule has 1 saturated heterocycles. The molecule has 0 atom stereocenters. The van der Waals surface area contributed by atoms with E-state index in [0.29, 0.717) is 37.5 Å². The zero-order chi connectivity index (χ0) is 21.5. The first-order valence-electron chi connectivity index (χ1n) is 10.5. The molecule has 1 aliphatic rings. The summed E-state index contributed by atoms with van der Waals surface area (Å²) in [5, 5.41) is 0. The van der Waals surface area contributed by atoms with Crippen molar-refractivity contribution in [3.05, 3.63) is 59.7 Å². The zero-order valence-corrected chi connectivity index (χ0v) is 18.1. The number of benzene rings is 2. The number of piperazine rings is 1. The lowest BCUT2D eigenvalue weighted by Crippen LogP contribution is -2.51. The molecule has 0 bridgehead atoms. The topological polar surface area (TPSA) is 53.1 Å². The molecule has 0 unspecified atom stereocenters. The van der Waals surface area contributed by atoms with E-state index in [-0.39, 0.29) is 18.4 Å². The molecule has 0 spiro atoms. The molecule has 1 fully saturated rings. The average Bonchev–Trinajstić information content (AvgIpc) is 2.78. The fraction of sp³-hybridized carbons (Fsp3) is 0.417. The van der Waals surface area contributed by atoms with Crippen LogP contribution >= 0.6 is 0 Å². The van der Waals surface area contributed by atoms with Gasteiger partial charge in [-0.3, -0.25) is 9.59 Å². The van der Waals surface area contributed by atoms with Gasteiger partial charge in [-0.1, -0.05) is 25.5 Å². The lowest BCUT2D eigenvalue weighted by Gasteiger charge is -2.34. The Morgan fingerprint density at radius 3 is 2.07 bits per heavy atom. The van der Waals surface area contributed by atoms with E-state index >= 15 is 0 Å². The third-order valence-corrected chi connectivity index (χ3v) is 5.37. The van der Waals surface area contributed by atoms with Gasteiger partial charge in [0, 0.05) is 51.5 Å². The number of aryl methyl sites for hydroxylation is 1. The Hall–Kier alpha value is -3.02. The van der Waals surface area contributed by atoms with Gasteiger partial charge in [-0.15, -0.1) is 0 Å². The zero-order valence-electron chi connectivity index (χ0n) is 18.1. The lowest BCUT2D eigenvalue weighted by molar-refractivity contribution is -0.134. The van der Waals surface area contributed by atoms with Crippen LogP contribution in [0.5, 0.6) is 5.75 Å². The normalized spacial score (nSPS) is 13.8. The van der Waals surface area contributed by atoms with Crippen molar-refractivity contribution in [3.63, 3.8) is 0 Å². The Morgan fingerprint density at radius 2 is 1.50 bits per heavy atom. The van der Waals surface area contributed by atoms with Gasteiger partial charge < -0.3 is 19.4 Å². The van der Waals surface area contributed by atoms with Crippen LogP contribution in [0.1, 0.15) is 29.3 Å². The Bertz CT molecular complexity index is 839. The highest BCUT2D eigenvalue weighted by molar-refractivity contribution is 5.94. The third kappa shape index (κ3) is 5.53. The number of nitrogens with zero attached hydrogens (tertiary/aromatic N) is 3. The average molecular weight is 410 g/mol. The van der Waals surface area contributed by atoms with Crippen molar-refractivity contribution in [2.45, 2.75) is 19.8 Å². The largest absolute Gasteiger partial charge is 0.484 e. The second-order valence-corrected chi connectivity index (χ2v) is 7.80. The van der Waals surface area contributed by atoms with Gasteiger partial charge in [0.25, 0.3) is 11.8 Å². The van der Waals surface area contributed by atoms with Crippen LogP contribution in [0.4, 0.5) is 5.69 Å². The van der Waals surface area contributed by atoms with Gasteiger partial charge >= 0.3 is 0 Å². The summed E-state index contributed by atoms with van der Waals surface area (Å²) in [7, 11) is 3.94. The molecule has 0 saturated carbocycles. The van der Waals surface area contributed by atoms with Gasteiger partial charge in [0.15, 0.2) is 6.61 Å². The van der Waals surface area contributed by atoms with Gasteiger partial charge in [0.1, 0.15) is 5.75 Å². The van der Waals surface area contributed by atoms with Crippen LogP contribution in [0.15, 0.2) is 48.5 Å². The molecular weight excluding hydrogens is 378 g/mol. The summed E-state index contributed by atoms with van der Waals surface area (Å²) in [6.07, 6.45) is 2.15. The Labute approximate surface area is 179 Å². The van der Waals surface area contributed by atoms with Crippen LogP contribution in [-0.2, 0) is 11.2 Å². The maximum Gasteiger partial charge on any atom is 0.260 e. The number of amides is 2. The Balaban J connectivity index is 1.46. The number of anilines is 1. The summed E-state index contributed by atoms with van der Waals surface area (Å²) in [4.78, 5) is 30.8. The Morgan fingerprint density at radius 1 is 0.900 bits per heavy atom. The van der Waals surface area contributed by atoms with Crippen LogP contribution < -0.4 is 9.64 Å². The molecule has 6 heteroatoms. The molecule has 30 heavy (non-hydrogen) atoms. The van der Waals surface area contributed by atoms with E-state index in [4.69, 9.17) is 4.74 Å². The highest BCUT2D eigenvalue weighted by atomic mass is 16.5. The van der Waals surface area contributed by atoms with Gasteiger partial charge in [-0.2, -0.15) is 0 Å². The third-order valence-electron chi connectivity index (χ3n) is 5.37. The van der Waals surface area contributed by atoms with E-state index in [0.717, 1.165) is 18.5 Å². The van der Waals surface area contributed by atoms with Crippen LogP contribution in [-0.4, -0.2) is 68.5 Å². The van der Waals surface area contributed by atoms with Crippen LogP contribution in [0, 0.1) is 0 Å². The first-order chi connectivity index (χ1) is 14.5. The first kappa shape index (κ1) is 21.7. The maximum atomic E-state index is 12.7. The molecule has 0 aromatic heterocycles. The number of carbonyl (C=O) groups excluding carboxylic acids is 2. The van der Waals surface area contributed by atoms with Crippen LogP contribution in [0.3, 0.4) is 0 Å². The van der Waals surface area contributed by atoms with Crippen molar-refractivity contribution < 1.29 is 14.3 Å². The Kier molecular flexibility index (Phi) is 7.33. The van der Waals surface area contributed by atoms with Crippen molar-refractivity contribution >= 4 is 17.5 Å². The van der Waals surface area contributed by atoms with Gasteiger partial charge in [0.05, 0.1) is 0 Å². The predicted molar refractivity (Wildman–Crippen MR) is 119 cm³/mol. The van der Waals surface area contributed by atoms with E-state index in [1.54, 1.807) is 4.90 Å². The molecule has 2 aromatic carbocycles. The van der Waals surface area contributed by atoms with Crippen LogP contribution in [0.2, 0.25) is 0 Å². The molecule has 2 aromatic rings. The van der Waals surface area contributed by atoms with Crippen molar-refractivity contribution in [3.8, 4) is 5.75 Å². The standard InChI is InChI=1S/C24H31N3O3/c1-4-5-19-6-12-22(13-7-19)30-18-23(28)26-14-16-27(17-15-26)24(29)20-8-10-21(11-9-20)25(2)3/h6-13H,4-5,14-18H2,1-3H3. The first-order valence-corrected chi connectivity index (χ1v) is 10.5. The summed E-state index contributed by atoms with van der Waals surface area (Å²) in [6.45, 7) is 4.29. The van der Waals surface area contributed by atoms with Crippen molar-refractivity contribution in [2.75, 3.05) is 51.8 Å². The minimum atomic E-state index is -0.0462. The quantitative estimate of drug-likeness (QED) is 0.705. The van der Waals surface area contributed by atoms with Gasteiger partial charge in [-0.05, 0) is 48.4 Å². The molecule has 0 aliphatic carbocycles. The fourth-order valence-electron chi connectivity index (χ4n) is 3.52. The van der Waals surface area contributed by atoms with Crippen molar-refractivity contribution in [2.24, 2.45) is 0 Å². The predicted octanol–water partition coefficient (Wildman–Crippen LogP) is 3.07. The number of hydrogen-bond donors (Lipinski definition) is 0. The summed E-state index contributed by atoms with van der Waals surface area (Å²) in [5.41, 5.74) is 3.01. The molecular formula is C24H31N3O3. The van der Waals surface area contributed by atoms with Gasteiger partial charge in [0.2, 0.25) is 0 Å². The molecule has 6 nitrogen and oxygen atoms in total. The number of hydrogen-bond acceptors (Lipinski definition) is 4. The van der Waals surface area contributed by atoms with E-state index in [9.17, 15) is 9.59 Å². The van der Waals surface area contributed by atoms with Crippen molar-refractivity contribution in [1.82, 2.24) is 9.80 Å².